The van der Waals surface area contributed by atoms with Crippen molar-refractivity contribution in [1.29, 1.82) is 0 Å². The number of hydrogen-bond donors (Lipinski definition) is 0. The van der Waals surface area contributed by atoms with Crippen LogP contribution < -0.4 is 4.74 Å². The number of ether oxygens (including phenoxy) is 1. The highest BCUT2D eigenvalue weighted by atomic mass is 19.4. The van der Waals surface area contributed by atoms with Crippen LogP contribution in [-0.4, -0.2) is 31.6 Å². The number of aromatic nitrogens is 4. The molecule has 0 amide bonds. The number of hydrogen-bond acceptors (Lipinski definition) is 4. The summed E-state index contributed by atoms with van der Waals surface area (Å²) in [5.74, 6) is -5.17. The molecule has 0 bridgehead atoms. The molecule has 3 aromatic heterocycles. The number of fused-ring (bicyclic) bond motifs is 1. The Kier molecular flexibility index (Phi) is 4.48. The molecule has 11 heteroatoms. The molecule has 0 spiro atoms. The lowest BCUT2D eigenvalue weighted by molar-refractivity contribution is -0.190. The highest BCUT2D eigenvalue weighted by Gasteiger charge is 2.38. The van der Waals surface area contributed by atoms with E-state index in [2.05, 4.69) is 19.7 Å². The monoisotopic (exact) mass is 390 g/mol. The average Bonchev–Trinajstić information content (AvgIpc) is 2.99. The molecule has 0 aliphatic heterocycles. The molecule has 27 heavy (non-hydrogen) atoms. The minimum atomic E-state index is -4.68. The van der Waals surface area contributed by atoms with Crippen molar-refractivity contribution in [2.45, 2.75) is 32.1 Å². The molecule has 144 valence electrons. The van der Waals surface area contributed by atoms with Gasteiger partial charge >= 0.3 is 6.18 Å². The summed E-state index contributed by atoms with van der Waals surface area (Å²) in [6, 6.07) is 2.12. The maximum atomic E-state index is 14.1. The Balaban J connectivity index is 1.96. The molecule has 0 fully saturated rings. The van der Waals surface area contributed by atoms with Crippen LogP contribution in [-0.2, 0) is 5.92 Å². The molecule has 0 aromatic carbocycles. The molecular formula is C16H12F6N4O. The van der Waals surface area contributed by atoms with Crippen molar-refractivity contribution in [2.75, 3.05) is 0 Å². The van der Waals surface area contributed by atoms with Gasteiger partial charge in [0.2, 0.25) is 0 Å². The largest absolute Gasteiger partial charge is 0.463 e. The zero-order chi connectivity index (χ0) is 20.0. The first-order chi connectivity index (χ1) is 12.5. The first-order valence-electron chi connectivity index (χ1n) is 7.57. The van der Waals surface area contributed by atoms with E-state index in [1.807, 2.05) is 0 Å². The Bertz CT molecular complexity index is 979. The molecule has 1 atom stereocenters. The van der Waals surface area contributed by atoms with Crippen molar-refractivity contribution in [1.82, 2.24) is 19.4 Å². The van der Waals surface area contributed by atoms with Gasteiger partial charge in [-0.25, -0.2) is 19.3 Å². The second-order valence-corrected chi connectivity index (χ2v) is 5.86. The minimum absolute atomic E-state index is 0.0546. The van der Waals surface area contributed by atoms with Gasteiger partial charge < -0.3 is 4.74 Å². The van der Waals surface area contributed by atoms with Gasteiger partial charge in [0.1, 0.15) is 18.3 Å². The Morgan fingerprint density at radius 2 is 1.70 bits per heavy atom. The maximum Gasteiger partial charge on any atom is 0.425 e. The zero-order valence-corrected chi connectivity index (χ0v) is 13.9. The van der Waals surface area contributed by atoms with Gasteiger partial charge in [-0.2, -0.15) is 22.0 Å². The highest BCUT2D eigenvalue weighted by molar-refractivity contribution is 5.66. The fourth-order valence-electron chi connectivity index (χ4n) is 2.28. The Morgan fingerprint density at radius 3 is 2.30 bits per heavy atom. The van der Waals surface area contributed by atoms with Crippen LogP contribution in [0, 0.1) is 5.82 Å². The van der Waals surface area contributed by atoms with Crippen molar-refractivity contribution in [3.8, 4) is 17.1 Å². The third-order valence-corrected chi connectivity index (χ3v) is 3.70. The lowest BCUT2D eigenvalue weighted by Crippen LogP contribution is -2.31. The summed E-state index contributed by atoms with van der Waals surface area (Å²) in [5, 5.41) is 0. The summed E-state index contributed by atoms with van der Waals surface area (Å²) in [6.45, 7) is 1.40. The average molecular weight is 390 g/mol. The summed E-state index contributed by atoms with van der Waals surface area (Å²) in [4.78, 5) is 11.2. The number of rotatable bonds is 4. The molecule has 0 N–H and O–H groups in total. The van der Waals surface area contributed by atoms with Crippen LogP contribution in [0.2, 0.25) is 0 Å². The van der Waals surface area contributed by atoms with Crippen LogP contribution in [0.5, 0.6) is 5.88 Å². The molecule has 0 aliphatic rings. The van der Waals surface area contributed by atoms with E-state index in [0.717, 1.165) is 25.5 Å². The SMILES string of the molecule is C[C@@H](Oc1ncc(-c2cc3c(C(C)(F)F)ncn3cn2)cc1F)C(F)(F)F. The maximum absolute atomic E-state index is 14.1. The molecule has 0 aliphatic carbocycles. The standard InChI is InChI=1S/C16H12F6N4O/c1-8(16(20,21)22)27-14-10(17)3-9(5-23-14)11-4-12-13(15(2,18)19)25-7-26(12)6-24-11/h3-8H,1-2H3/t8-/m1/s1. The highest BCUT2D eigenvalue weighted by Crippen LogP contribution is 2.31. The van der Waals surface area contributed by atoms with Gasteiger partial charge in [-0.05, 0) is 19.1 Å². The van der Waals surface area contributed by atoms with Crippen LogP contribution in [0.15, 0.2) is 31.0 Å². The summed E-state index contributed by atoms with van der Waals surface area (Å²) in [7, 11) is 0. The summed E-state index contributed by atoms with van der Waals surface area (Å²) in [5.41, 5.74) is -0.263. The van der Waals surface area contributed by atoms with Gasteiger partial charge in [-0.3, -0.25) is 4.40 Å². The lowest BCUT2D eigenvalue weighted by Gasteiger charge is -2.17. The van der Waals surface area contributed by atoms with E-state index in [4.69, 9.17) is 0 Å². The Hall–Kier alpha value is -2.85. The van der Waals surface area contributed by atoms with Crippen LogP contribution in [0.3, 0.4) is 0 Å². The molecule has 3 aromatic rings. The number of nitrogens with zero attached hydrogens (tertiary/aromatic N) is 4. The number of pyridine rings is 1. The molecule has 3 rings (SSSR count). The zero-order valence-electron chi connectivity index (χ0n) is 13.9. The topological polar surface area (TPSA) is 52.3 Å². The van der Waals surface area contributed by atoms with Crippen molar-refractivity contribution in [3.05, 3.63) is 42.5 Å². The quantitative estimate of drug-likeness (QED) is 0.621. The minimum Gasteiger partial charge on any atom is -0.463 e. The second kappa shape index (κ2) is 6.39. The van der Waals surface area contributed by atoms with Crippen molar-refractivity contribution >= 4 is 5.52 Å². The number of alkyl halides is 5. The molecule has 0 unspecified atom stereocenters. The summed E-state index contributed by atoms with van der Waals surface area (Å²) < 4.78 is 84.6. The lowest BCUT2D eigenvalue weighted by atomic mass is 10.1. The number of imidazole rings is 1. The second-order valence-electron chi connectivity index (χ2n) is 5.86. The van der Waals surface area contributed by atoms with Crippen LogP contribution in [0.4, 0.5) is 26.3 Å². The molecular weight excluding hydrogens is 378 g/mol. The van der Waals surface area contributed by atoms with Gasteiger partial charge in [-0.1, -0.05) is 0 Å². The van der Waals surface area contributed by atoms with Gasteiger partial charge in [0, 0.05) is 18.7 Å². The van der Waals surface area contributed by atoms with E-state index in [0.29, 0.717) is 6.92 Å². The summed E-state index contributed by atoms with van der Waals surface area (Å²) in [6.07, 6.45) is -3.52. The van der Waals surface area contributed by atoms with Crippen molar-refractivity contribution in [3.63, 3.8) is 0 Å². The predicted molar refractivity (Wildman–Crippen MR) is 81.9 cm³/mol. The predicted octanol–water partition coefficient (Wildman–Crippen LogP) is 4.37. The van der Waals surface area contributed by atoms with Crippen LogP contribution >= 0.6 is 0 Å². The van der Waals surface area contributed by atoms with Crippen LogP contribution in [0.1, 0.15) is 19.5 Å². The van der Waals surface area contributed by atoms with Crippen molar-refractivity contribution < 1.29 is 31.1 Å². The van der Waals surface area contributed by atoms with Crippen LogP contribution in [0.25, 0.3) is 16.8 Å². The first-order valence-corrected chi connectivity index (χ1v) is 7.57. The van der Waals surface area contributed by atoms with E-state index in [9.17, 15) is 26.3 Å². The normalized spacial score (nSPS) is 13.8. The van der Waals surface area contributed by atoms with Gasteiger partial charge in [0.25, 0.3) is 11.8 Å². The molecule has 5 nitrogen and oxygen atoms in total. The fraction of sp³-hybridized carbons (Fsp3) is 0.312. The van der Waals surface area contributed by atoms with E-state index < -0.39 is 35.6 Å². The third-order valence-electron chi connectivity index (χ3n) is 3.70. The Labute approximate surface area is 148 Å². The fourth-order valence-corrected chi connectivity index (χ4v) is 2.28. The van der Waals surface area contributed by atoms with Gasteiger partial charge in [0.15, 0.2) is 11.9 Å². The van der Waals surface area contributed by atoms with Gasteiger partial charge in [-0.15, -0.1) is 0 Å². The van der Waals surface area contributed by atoms with Gasteiger partial charge in [0.05, 0.1) is 11.2 Å². The van der Waals surface area contributed by atoms with E-state index in [-0.39, 0.29) is 16.8 Å². The number of halogens is 6. The smallest absolute Gasteiger partial charge is 0.425 e. The third kappa shape index (κ3) is 3.81. The molecule has 0 saturated heterocycles. The van der Waals surface area contributed by atoms with E-state index in [1.165, 1.54) is 16.8 Å². The molecule has 3 heterocycles. The summed E-state index contributed by atoms with van der Waals surface area (Å²) >= 11 is 0. The van der Waals surface area contributed by atoms with E-state index >= 15 is 0 Å². The molecule has 0 saturated carbocycles. The first kappa shape index (κ1) is 18.9. The Morgan fingerprint density at radius 1 is 1.04 bits per heavy atom. The molecule has 0 radical (unpaired) electrons. The van der Waals surface area contributed by atoms with Crippen molar-refractivity contribution in [2.24, 2.45) is 0 Å². The van der Waals surface area contributed by atoms with E-state index in [1.54, 1.807) is 0 Å².